The smallest absolute Gasteiger partial charge is 0.114 e. The Kier molecular flexibility index (Phi) is 1.29. The summed E-state index contributed by atoms with van der Waals surface area (Å²) in [5.41, 5.74) is -0.186. The quantitative estimate of drug-likeness (QED) is 0.534. The molecular formula is C6H12O2. The summed E-state index contributed by atoms with van der Waals surface area (Å²) in [6.07, 6.45) is 0.527. The van der Waals surface area contributed by atoms with Crippen LogP contribution in [0.5, 0.6) is 0 Å². The Hall–Kier alpha value is -0.0800. The van der Waals surface area contributed by atoms with Crippen molar-refractivity contribution in [3.8, 4) is 0 Å². The lowest BCUT2D eigenvalue weighted by molar-refractivity contribution is 0.0817. The maximum atomic E-state index is 9.13. The van der Waals surface area contributed by atoms with Gasteiger partial charge < -0.3 is 9.84 Å². The first kappa shape index (κ1) is 6.05. The van der Waals surface area contributed by atoms with Gasteiger partial charge in [-0.15, -0.1) is 0 Å². The van der Waals surface area contributed by atoms with E-state index < -0.39 is 0 Å². The normalized spacial score (nSPS) is 39.4. The second kappa shape index (κ2) is 1.71. The number of rotatable bonds is 2. The molecule has 0 aromatic rings. The Morgan fingerprint density at radius 3 is 2.50 bits per heavy atom. The lowest BCUT2D eigenvalue weighted by Gasteiger charge is -2.10. The highest BCUT2D eigenvalue weighted by Gasteiger charge is 2.45. The van der Waals surface area contributed by atoms with Gasteiger partial charge in [0.05, 0.1) is 12.7 Å². The fraction of sp³-hybridized carbons (Fsp3) is 1.00. The summed E-state index contributed by atoms with van der Waals surface area (Å²) in [4.78, 5) is 0. The molecule has 0 aromatic heterocycles. The van der Waals surface area contributed by atoms with Crippen LogP contribution in [0.15, 0.2) is 0 Å². The standard InChI is InChI=1S/C6H12O2/c1-3-5(7)6(2)4-8-6/h5,7H,3-4H2,1-2H3/t5-,6?/m0/s1. The molecule has 1 rings (SSSR count). The van der Waals surface area contributed by atoms with Gasteiger partial charge in [0.15, 0.2) is 0 Å². The van der Waals surface area contributed by atoms with Gasteiger partial charge in [0, 0.05) is 0 Å². The van der Waals surface area contributed by atoms with Crippen LogP contribution in [-0.4, -0.2) is 23.4 Å². The SMILES string of the molecule is CC[C@H](O)C1(C)CO1. The van der Waals surface area contributed by atoms with Crippen molar-refractivity contribution in [3.63, 3.8) is 0 Å². The summed E-state index contributed by atoms with van der Waals surface area (Å²) in [5, 5.41) is 9.13. The molecular weight excluding hydrogens is 104 g/mol. The topological polar surface area (TPSA) is 32.8 Å². The summed E-state index contributed by atoms with van der Waals surface area (Å²) in [7, 11) is 0. The highest BCUT2D eigenvalue weighted by Crippen LogP contribution is 2.31. The van der Waals surface area contributed by atoms with E-state index in [-0.39, 0.29) is 11.7 Å². The van der Waals surface area contributed by atoms with Crippen LogP contribution in [0.2, 0.25) is 0 Å². The zero-order valence-corrected chi connectivity index (χ0v) is 5.35. The van der Waals surface area contributed by atoms with Crippen LogP contribution in [-0.2, 0) is 4.74 Å². The molecule has 2 atom stereocenters. The third kappa shape index (κ3) is 0.858. The Morgan fingerprint density at radius 1 is 1.88 bits per heavy atom. The zero-order valence-electron chi connectivity index (χ0n) is 5.35. The highest BCUT2D eigenvalue weighted by molar-refractivity contribution is 4.93. The minimum atomic E-state index is -0.262. The average molecular weight is 116 g/mol. The Balaban J connectivity index is 2.34. The van der Waals surface area contributed by atoms with E-state index in [4.69, 9.17) is 9.84 Å². The summed E-state index contributed by atoms with van der Waals surface area (Å²) in [6, 6.07) is 0. The van der Waals surface area contributed by atoms with Crippen LogP contribution >= 0.6 is 0 Å². The van der Waals surface area contributed by atoms with Crippen molar-refractivity contribution in [2.45, 2.75) is 32.0 Å². The van der Waals surface area contributed by atoms with Crippen molar-refractivity contribution >= 4 is 0 Å². The summed E-state index contributed by atoms with van der Waals surface area (Å²) in [5.74, 6) is 0. The van der Waals surface area contributed by atoms with Crippen molar-refractivity contribution in [2.24, 2.45) is 0 Å². The number of epoxide rings is 1. The van der Waals surface area contributed by atoms with Gasteiger partial charge in [-0.3, -0.25) is 0 Å². The van der Waals surface area contributed by atoms with E-state index in [1.807, 2.05) is 13.8 Å². The first-order valence-corrected chi connectivity index (χ1v) is 3.01. The van der Waals surface area contributed by atoms with E-state index in [1.54, 1.807) is 0 Å². The molecule has 1 saturated heterocycles. The molecule has 1 aliphatic heterocycles. The number of ether oxygens (including phenoxy) is 1. The average Bonchev–Trinajstić information content (AvgIpc) is 2.47. The first-order chi connectivity index (χ1) is 3.69. The minimum absolute atomic E-state index is 0.186. The van der Waals surface area contributed by atoms with Crippen molar-refractivity contribution in [1.82, 2.24) is 0 Å². The van der Waals surface area contributed by atoms with E-state index in [1.165, 1.54) is 0 Å². The molecule has 0 aliphatic carbocycles. The van der Waals surface area contributed by atoms with Crippen LogP contribution in [0.3, 0.4) is 0 Å². The van der Waals surface area contributed by atoms with E-state index >= 15 is 0 Å². The fourth-order valence-corrected chi connectivity index (χ4v) is 0.738. The van der Waals surface area contributed by atoms with Crippen molar-refractivity contribution in [2.75, 3.05) is 6.61 Å². The van der Waals surface area contributed by atoms with Gasteiger partial charge in [0.2, 0.25) is 0 Å². The van der Waals surface area contributed by atoms with Gasteiger partial charge in [-0.25, -0.2) is 0 Å². The summed E-state index contributed by atoms with van der Waals surface area (Å²) < 4.78 is 5.00. The number of aliphatic hydroxyl groups excluding tert-OH is 1. The maximum absolute atomic E-state index is 9.13. The van der Waals surface area contributed by atoms with Crippen LogP contribution < -0.4 is 0 Å². The molecule has 1 heterocycles. The van der Waals surface area contributed by atoms with Gasteiger partial charge >= 0.3 is 0 Å². The molecule has 2 heteroatoms. The van der Waals surface area contributed by atoms with Gasteiger partial charge in [-0.05, 0) is 13.3 Å². The molecule has 1 N–H and O–H groups in total. The summed E-state index contributed by atoms with van der Waals surface area (Å²) >= 11 is 0. The van der Waals surface area contributed by atoms with Crippen molar-refractivity contribution in [1.29, 1.82) is 0 Å². The van der Waals surface area contributed by atoms with Gasteiger partial charge in [0.1, 0.15) is 5.60 Å². The predicted molar refractivity (Wildman–Crippen MR) is 30.7 cm³/mol. The second-order valence-corrected chi connectivity index (χ2v) is 2.53. The number of aliphatic hydroxyl groups is 1. The molecule has 1 aliphatic rings. The Bertz CT molecular complexity index is 86.5. The third-order valence-corrected chi connectivity index (χ3v) is 1.69. The lowest BCUT2D eigenvalue weighted by Crippen LogP contribution is -2.24. The largest absolute Gasteiger partial charge is 0.390 e. The molecule has 0 bridgehead atoms. The molecule has 0 radical (unpaired) electrons. The Labute approximate surface area is 49.5 Å². The zero-order chi connectivity index (χ0) is 6.20. The van der Waals surface area contributed by atoms with Gasteiger partial charge in [-0.1, -0.05) is 6.92 Å². The Morgan fingerprint density at radius 2 is 2.38 bits per heavy atom. The number of hydrogen-bond donors (Lipinski definition) is 1. The van der Waals surface area contributed by atoms with Crippen LogP contribution in [0.1, 0.15) is 20.3 Å². The molecule has 1 unspecified atom stereocenters. The molecule has 48 valence electrons. The van der Waals surface area contributed by atoms with Gasteiger partial charge in [0.25, 0.3) is 0 Å². The number of hydrogen-bond acceptors (Lipinski definition) is 2. The summed E-state index contributed by atoms with van der Waals surface area (Å²) in [6.45, 7) is 4.61. The molecule has 0 spiro atoms. The molecule has 2 nitrogen and oxygen atoms in total. The molecule has 8 heavy (non-hydrogen) atoms. The van der Waals surface area contributed by atoms with E-state index in [0.29, 0.717) is 0 Å². The minimum Gasteiger partial charge on any atom is -0.390 e. The highest BCUT2D eigenvalue weighted by atomic mass is 16.6. The first-order valence-electron chi connectivity index (χ1n) is 3.01. The maximum Gasteiger partial charge on any atom is 0.114 e. The van der Waals surface area contributed by atoms with Crippen LogP contribution in [0.4, 0.5) is 0 Å². The van der Waals surface area contributed by atoms with E-state index in [0.717, 1.165) is 13.0 Å². The van der Waals surface area contributed by atoms with Crippen LogP contribution in [0, 0.1) is 0 Å². The lowest BCUT2D eigenvalue weighted by atomic mass is 10.0. The fourth-order valence-electron chi connectivity index (χ4n) is 0.738. The molecule has 1 fully saturated rings. The molecule has 0 aromatic carbocycles. The molecule has 0 amide bonds. The second-order valence-electron chi connectivity index (χ2n) is 2.53. The van der Waals surface area contributed by atoms with Crippen LogP contribution in [0.25, 0.3) is 0 Å². The van der Waals surface area contributed by atoms with E-state index in [9.17, 15) is 0 Å². The predicted octanol–water partition coefficient (Wildman–Crippen LogP) is 0.546. The van der Waals surface area contributed by atoms with Gasteiger partial charge in [-0.2, -0.15) is 0 Å². The van der Waals surface area contributed by atoms with E-state index in [2.05, 4.69) is 0 Å². The monoisotopic (exact) mass is 116 g/mol. The van der Waals surface area contributed by atoms with Crippen molar-refractivity contribution in [3.05, 3.63) is 0 Å². The molecule has 0 saturated carbocycles. The third-order valence-electron chi connectivity index (χ3n) is 1.69. The van der Waals surface area contributed by atoms with Crippen molar-refractivity contribution < 1.29 is 9.84 Å².